The Morgan fingerprint density at radius 3 is 2.57 bits per heavy atom. The number of rotatable bonds is 7. The van der Waals surface area contributed by atoms with Crippen LogP contribution in [0.15, 0.2) is 30.3 Å². The second-order valence-electron chi connectivity index (χ2n) is 6.79. The fourth-order valence-electron chi connectivity index (χ4n) is 2.21. The van der Waals surface area contributed by atoms with Crippen molar-refractivity contribution in [2.45, 2.75) is 32.7 Å². The molecule has 5 heteroatoms. The highest BCUT2D eigenvalue weighted by Crippen LogP contribution is 2.21. The lowest BCUT2D eigenvalue weighted by molar-refractivity contribution is 0.231. The average Bonchev–Trinajstić information content (AvgIpc) is 2.96. The van der Waals surface area contributed by atoms with Gasteiger partial charge in [0, 0.05) is 30.3 Å². The first-order valence-electron chi connectivity index (χ1n) is 7.88. The summed E-state index contributed by atoms with van der Waals surface area (Å²) in [6.45, 7) is 8.78. The van der Waals surface area contributed by atoms with Crippen LogP contribution in [0.3, 0.4) is 0 Å². The number of aromatic nitrogens is 2. The van der Waals surface area contributed by atoms with Gasteiger partial charge in [-0.25, -0.2) is 0 Å². The molecule has 1 N–H and O–H groups in total. The maximum Gasteiger partial charge on any atom is 0.123 e. The molecule has 0 aliphatic heterocycles. The van der Waals surface area contributed by atoms with Gasteiger partial charge in [-0.3, -0.25) is 10.00 Å². The molecular formula is C18H27N3O2. The van der Waals surface area contributed by atoms with E-state index in [1.807, 2.05) is 24.3 Å². The summed E-state index contributed by atoms with van der Waals surface area (Å²) in [6, 6.07) is 9.80. The smallest absolute Gasteiger partial charge is 0.123 e. The van der Waals surface area contributed by atoms with Crippen LogP contribution in [-0.2, 0) is 12.0 Å². The van der Waals surface area contributed by atoms with E-state index in [1.54, 1.807) is 7.11 Å². The molecular weight excluding hydrogens is 290 g/mol. The lowest BCUT2D eigenvalue weighted by atomic mass is 9.92. The first-order valence-corrected chi connectivity index (χ1v) is 7.88. The van der Waals surface area contributed by atoms with Gasteiger partial charge in [-0.1, -0.05) is 26.8 Å². The predicted octanol–water partition coefficient (Wildman–Crippen LogP) is 3.23. The van der Waals surface area contributed by atoms with Gasteiger partial charge >= 0.3 is 0 Å². The minimum absolute atomic E-state index is 0.0722. The average molecular weight is 317 g/mol. The number of H-pyrrole nitrogens is 1. The van der Waals surface area contributed by atoms with Crippen LogP contribution in [0, 0.1) is 0 Å². The van der Waals surface area contributed by atoms with Gasteiger partial charge < -0.3 is 9.47 Å². The van der Waals surface area contributed by atoms with Crippen LogP contribution in [0.25, 0.3) is 0 Å². The number of ether oxygens (including phenoxy) is 2. The first kappa shape index (κ1) is 17.3. The van der Waals surface area contributed by atoms with E-state index >= 15 is 0 Å². The van der Waals surface area contributed by atoms with Crippen molar-refractivity contribution in [1.29, 1.82) is 0 Å². The van der Waals surface area contributed by atoms with E-state index in [0.717, 1.165) is 36.0 Å². The van der Waals surface area contributed by atoms with Gasteiger partial charge in [-0.2, -0.15) is 5.10 Å². The van der Waals surface area contributed by atoms with E-state index in [0.29, 0.717) is 6.61 Å². The minimum atomic E-state index is 0.0722. The number of hydrogen-bond acceptors (Lipinski definition) is 4. The third kappa shape index (κ3) is 5.28. The third-order valence-corrected chi connectivity index (χ3v) is 3.62. The van der Waals surface area contributed by atoms with Crippen LogP contribution >= 0.6 is 0 Å². The topological polar surface area (TPSA) is 50.4 Å². The molecule has 0 spiro atoms. The van der Waals surface area contributed by atoms with Crippen LogP contribution in [0.2, 0.25) is 0 Å². The molecule has 2 aromatic rings. The van der Waals surface area contributed by atoms with Gasteiger partial charge in [0.05, 0.1) is 12.8 Å². The Morgan fingerprint density at radius 2 is 1.91 bits per heavy atom. The molecule has 0 aliphatic rings. The molecule has 2 rings (SSSR count). The number of aromatic amines is 1. The molecule has 0 saturated heterocycles. The number of nitrogens with zero attached hydrogens (tertiary/aromatic N) is 2. The van der Waals surface area contributed by atoms with Gasteiger partial charge in [0.15, 0.2) is 0 Å². The van der Waals surface area contributed by atoms with Crippen LogP contribution in [0.5, 0.6) is 11.5 Å². The molecule has 5 nitrogen and oxygen atoms in total. The molecule has 0 unspecified atom stereocenters. The zero-order valence-corrected chi connectivity index (χ0v) is 14.7. The quantitative estimate of drug-likeness (QED) is 0.852. The number of benzene rings is 1. The molecule has 0 radical (unpaired) electrons. The van der Waals surface area contributed by atoms with Crippen molar-refractivity contribution in [3.63, 3.8) is 0 Å². The second-order valence-corrected chi connectivity index (χ2v) is 6.79. The number of likely N-dealkylation sites (N-methyl/N-ethyl adjacent to an activating group) is 1. The van der Waals surface area contributed by atoms with Crippen molar-refractivity contribution in [2.75, 3.05) is 27.3 Å². The maximum absolute atomic E-state index is 5.77. The molecule has 0 fully saturated rings. The molecule has 1 aromatic heterocycles. The Balaban J connectivity index is 1.78. The zero-order chi connectivity index (χ0) is 16.9. The Labute approximate surface area is 138 Å². The van der Waals surface area contributed by atoms with Gasteiger partial charge in [0.25, 0.3) is 0 Å². The summed E-state index contributed by atoms with van der Waals surface area (Å²) < 4.78 is 11.0. The highest BCUT2D eigenvalue weighted by atomic mass is 16.5. The minimum Gasteiger partial charge on any atom is -0.497 e. The number of nitrogens with one attached hydrogen (secondary N) is 1. The first-order chi connectivity index (χ1) is 10.9. The summed E-state index contributed by atoms with van der Waals surface area (Å²) in [5, 5.41) is 7.51. The van der Waals surface area contributed by atoms with Crippen molar-refractivity contribution in [2.24, 2.45) is 0 Å². The summed E-state index contributed by atoms with van der Waals surface area (Å²) in [7, 11) is 3.73. The van der Waals surface area contributed by atoms with Crippen LogP contribution in [0.1, 0.15) is 32.2 Å². The highest BCUT2D eigenvalue weighted by Gasteiger charge is 2.17. The molecule has 126 valence electrons. The Morgan fingerprint density at radius 1 is 1.17 bits per heavy atom. The normalized spacial score (nSPS) is 11.7. The second kappa shape index (κ2) is 7.51. The molecule has 23 heavy (non-hydrogen) atoms. The molecule has 0 amide bonds. The Kier molecular flexibility index (Phi) is 5.66. The van der Waals surface area contributed by atoms with Gasteiger partial charge in [-0.05, 0) is 25.2 Å². The molecule has 0 aliphatic carbocycles. The maximum atomic E-state index is 5.77. The van der Waals surface area contributed by atoms with Gasteiger partial charge in [0.2, 0.25) is 0 Å². The number of hydrogen-bond donors (Lipinski definition) is 1. The van der Waals surface area contributed by atoms with Crippen molar-refractivity contribution in [3.05, 3.63) is 41.7 Å². The Hall–Kier alpha value is -2.01. The van der Waals surface area contributed by atoms with Crippen molar-refractivity contribution in [1.82, 2.24) is 15.1 Å². The largest absolute Gasteiger partial charge is 0.497 e. The molecule has 1 heterocycles. The lowest BCUT2D eigenvalue weighted by Gasteiger charge is -2.16. The van der Waals surface area contributed by atoms with E-state index in [9.17, 15) is 0 Å². The molecule has 0 saturated carbocycles. The van der Waals surface area contributed by atoms with E-state index in [2.05, 4.69) is 49.0 Å². The third-order valence-electron chi connectivity index (χ3n) is 3.62. The van der Waals surface area contributed by atoms with E-state index in [-0.39, 0.29) is 5.41 Å². The lowest BCUT2D eigenvalue weighted by Crippen LogP contribution is -2.24. The van der Waals surface area contributed by atoms with Crippen LogP contribution in [0.4, 0.5) is 0 Å². The SMILES string of the molecule is COc1cccc(OCCN(C)Cc2cc(C(C)(C)C)n[nH]2)c1. The summed E-state index contributed by atoms with van der Waals surface area (Å²) in [6.07, 6.45) is 0. The zero-order valence-electron chi connectivity index (χ0n) is 14.7. The summed E-state index contributed by atoms with van der Waals surface area (Å²) in [4.78, 5) is 2.21. The molecule has 0 atom stereocenters. The van der Waals surface area contributed by atoms with Crippen molar-refractivity contribution in [3.8, 4) is 11.5 Å². The highest BCUT2D eigenvalue weighted by molar-refractivity contribution is 5.32. The number of methoxy groups -OCH3 is 1. The van der Waals surface area contributed by atoms with E-state index in [4.69, 9.17) is 9.47 Å². The fourth-order valence-corrected chi connectivity index (χ4v) is 2.21. The Bertz CT molecular complexity index is 617. The van der Waals surface area contributed by atoms with Crippen LogP contribution < -0.4 is 9.47 Å². The summed E-state index contributed by atoms with van der Waals surface area (Å²) in [5.74, 6) is 1.64. The standard InChI is InChI=1S/C18H27N3O2/c1-18(2,3)17-11-14(19-20-17)13-21(4)9-10-23-16-8-6-7-15(12-16)22-5/h6-8,11-12H,9-10,13H2,1-5H3,(H,19,20). The molecule has 0 bridgehead atoms. The summed E-state index contributed by atoms with van der Waals surface area (Å²) >= 11 is 0. The van der Waals surface area contributed by atoms with Gasteiger partial charge in [-0.15, -0.1) is 0 Å². The monoisotopic (exact) mass is 317 g/mol. The van der Waals surface area contributed by atoms with E-state index in [1.165, 1.54) is 0 Å². The fraction of sp³-hybridized carbons (Fsp3) is 0.500. The van der Waals surface area contributed by atoms with Crippen molar-refractivity contribution < 1.29 is 9.47 Å². The molecule has 1 aromatic carbocycles. The summed E-state index contributed by atoms with van der Waals surface area (Å²) in [5.41, 5.74) is 2.29. The van der Waals surface area contributed by atoms with Crippen LogP contribution in [-0.4, -0.2) is 42.4 Å². The van der Waals surface area contributed by atoms with Gasteiger partial charge in [0.1, 0.15) is 18.1 Å². The predicted molar refractivity (Wildman–Crippen MR) is 92.1 cm³/mol. The van der Waals surface area contributed by atoms with Crippen molar-refractivity contribution >= 4 is 0 Å². The van der Waals surface area contributed by atoms with E-state index < -0.39 is 0 Å².